The smallest absolute Gasteiger partial charge is 0.356 e. The van der Waals surface area contributed by atoms with Crippen LogP contribution in [0.2, 0.25) is 5.02 Å². The Morgan fingerprint density at radius 2 is 2.25 bits per heavy atom. The molecule has 1 heterocycles. The van der Waals surface area contributed by atoms with Crippen LogP contribution in [0.25, 0.3) is 10.4 Å². The number of rotatable bonds is 2. The number of halogens is 2. The number of nitrogens with zero attached hydrogens (tertiary/aromatic N) is 1. The number of hydrogen-bond donors (Lipinski definition) is 1. The quantitative estimate of drug-likeness (QED) is 0.898. The average molecular weight is 258 g/mol. The lowest BCUT2D eigenvalue weighted by molar-refractivity contribution is 0.0692. The predicted molar refractivity (Wildman–Crippen MR) is 59.5 cm³/mol. The summed E-state index contributed by atoms with van der Waals surface area (Å²) in [6.07, 6.45) is 0. The highest BCUT2D eigenvalue weighted by molar-refractivity contribution is 7.13. The van der Waals surface area contributed by atoms with Crippen LogP contribution in [0.3, 0.4) is 0 Å². The topological polar surface area (TPSA) is 50.2 Å². The van der Waals surface area contributed by atoms with Crippen LogP contribution >= 0.6 is 22.9 Å². The van der Waals surface area contributed by atoms with E-state index in [-0.39, 0.29) is 10.7 Å². The van der Waals surface area contributed by atoms with E-state index in [0.717, 1.165) is 0 Å². The summed E-state index contributed by atoms with van der Waals surface area (Å²) in [5.41, 5.74) is 1.93. The van der Waals surface area contributed by atoms with Gasteiger partial charge in [0.1, 0.15) is 5.82 Å². The van der Waals surface area contributed by atoms with Gasteiger partial charge >= 0.3 is 5.97 Å². The summed E-state index contributed by atoms with van der Waals surface area (Å²) in [4.78, 5) is 15.0. The number of hydrogen-bond acceptors (Lipinski definition) is 3. The standard InChI is InChI=1S/C10H5ClFNO2S/c11-6-3-5(1-2-7(6)12)9-8(10(14)15)13-4-16-9/h1-4H,(H,14,15). The van der Waals surface area contributed by atoms with Gasteiger partial charge in [-0.1, -0.05) is 17.7 Å². The zero-order valence-corrected chi connectivity index (χ0v) is 9.35. The van der Waals surface area contributed by atoms with Crippen molar-refractivity contribution < 1.29 is 14.3 Å². The number of aromatic nitrogens is 1. The molecule has 16 heavy (non-hydrogen) atoms. The summed E-state index contributed by atoms with van der Waals surface area (Å²) >= 11 is 6.80. The molecule has 0 saturated carbocycles. The molecule has 0 unspecified atom stereocenters. The molecule has 0 saturated heterocycles. The van der Waals surface area contributed by atoms with E-state index < -0.39 is 11.8 Å². The Labute approximate surface area is 99.1 Å². The van der Waals surface area contributed by atoms with Crippen LogP contribution in [-0.2, 0) is 0 Å². The van der Waals surface area contributed by atoms with Crippen molar-refractivity contribution in [2.45, 2.75) is 0 Å². The van der Waals surface area contributed by atoms with E-state index in [1.165, 1.54) is 35.0 Å². The molecule has 2 rings (SSSR count). The second kappa shape index (κ2) is 4.19. The second-order valence-corrected chi connectivity index (χ2v) is 4.23. The molecular weight excluding hydrogens is 253 g/mol. The fourth-order valence-electron chi connectivity index (χ4n) is 1.24. The van der Waals surface area contributed by atoms with E-state index in [4.69, 9.17) is 16.7 Å². The highest BCUT2D eigenvalue weighted by Gasteiger charge is 2.15. The molecule has 2 aromatic rings. The second-order valence-electron chi connectivity index (χ2n) is 2.96. The van der Waals surface area contributed by atoms with E-state index in [0.29, 0.717) is 10.4 Å². The Balaban J connectivity index is 2.54. The van der Waals surface area contributed by atoms with Crippen molar-refractivity contribution in [2.75, 3.05) is 0 Å². The van der Waals surface area contributed by atoms with E-state index in [1.54, 1.807) is 0 Å². The summed E-state index contributed by atoms with van der Waals surface area (Å²) in [6, 6.07) is 4.06. The summed E-state index contributed by atoms with van der Waals surface area (Å²) < 4.78 is 12.9. The van der Waals surface area contributed by atoms with Crippen LogP contribution in [0.1, 0.15) is 10.5 Å². The zero-order chi connectivity index (χ0) is 11.7. The fraction of sp³-hybridized carbons (Fsp3) is 0. The number of benzene rings is 1. The van der Waals surface area contributed by atoms with Gasteiger partial charge in [-0.2, -0.15) is 0 Å². The van der Waals surface area contributed by atoms with E-state index in [9.17, 15) is 9.18 Å². The van der Waals surface area contributed by atoms with Gasteiger partial charge in [-0.05, 0) is 17.7 Å². The summed E-state index contributed by atoms with van der Waals surface area (Å²) in [5.74, 6) is -1.65. The first-order valence-electron chi connectivity index (χ1n) is 4.22. The Kier molecular flexibility index (Phi) is 2.89. The molecule has 1 aromatic heterocycles. The van der Waals surface area contributed by atoms with E-state index in [2.05, 4.69) is 4.98 Å². The monoisotopic (exact) mass is 257 g/mol. The number of carboxylic acids is 1. The van der Waals surface area contributed by atoms with Crippen LogP contribution < -0.4 is 0 Å². The van der Waals surface area contributed by atoms with Crippen LogP contribution in [0, 0.1) is 5.82 Å². The summed E-state index contributed by atoms with van der Waals surface area (Å²) in [5, 5.41) is 8.84. The third kappa shape index (κ3) is 1.91. The van der Waals surface area contributed by atoms with Gasteiger partial charge in [0.25, 0.3) is 0 Å². The van der Waals surface area contributed by atoms with Crippen molar-refractivity contribution in [3.05, 3.63) is 40.2 Å². The maximum Gasteiger partial charge on any atom is 0.356 e. The van der Waals surface area contributed by atoms with Gasteiger partial charge in [0, 0.05) is 0 Å². The Morgan fingerprint density at radius 1 is 1.50 bits per heavy atom. The Hall–Kier alpha value is -1.46. The molecule has 0 aliphatic heterocycles. The first-order chi connectivity index (χ1) is 7.59. The predicted octanol–water partition coefficient (Wildman–Crippen LogP) is 3.30. The molecule has 0 amide bonds. The first kappa shape index (κ1) is 11.0. The molecule has 3 nitrogen and oxygen atoms in total. The van der Waals surface area contributed by atoms with E-state index in [1.807, 2.05) is 0 Å². The van der Waals surface area contributed by atoms with Gasteiger partial charge in [-0.25, -0.2) is 14.2 Å². The minimum atomic E-state index is -1.11. The fourth-order valence-corrected chi connectivity index (χ4v) is 2.20. The number of thiazole rings is 1. The highest BCUT2D eigenvalue weighted by atomic mass is 35.5. The normalized spacial score (nSPS) is 10.4. The van der Waals surface area contributed by atoms with Gasteiger partial charge in [0.2, 0.25) is 0 Å². The molecule has 1 aromatic carbocycles. The molecule has 1 N–H and O–H groups in total. The van der Waals surface area contributed by atoms with Gasteiger partial charge in [-0.3, -0.25) is 0 Å². The average Bonchev–Trinajstić information content (AvgIpc) is 2.71. The SMILES string of the molecule is O=C(O)c1ncsc1-c1ccc(F)c(Cl)c1. The third-order valence-electron chi connectivity index (χ3n) is 1.95. The van der Waals surface area contributed by atoms with Crippen molar-refractivity contribution in [3.8, 4) is 10.4 Å². The van der Waals surface area contributed by atoms with Crippen molar-refractivity contribution in [2.24, 2.45) is 0 Å². The molecule has 6 heteroatoms. The molecule has 0 bridgehead atoms. The minimum absolute atomic E-state index is 0.0396. The molecule has 0 spiro atoms. The molecule has 0 atom stereocenters. The van der Waals surface area contributed by atoms with Crippen molar-refractivity contribution >= 4 is 28.9 Å². The van der Waals surface area contributed by atoms with Crippen molar-refractivity contribution in [1.82, 2.24) is 4.98 Å². The molecular formula is C10H5ClFNO2S. The maximum atomic E-state index is 12.9. The largest absolute Gasteiger partial charge is 0.476 e. The lowest BCUT2D eigenvalue weighted by Crippen LogP contribution is -1.98. The van der Waals surface area contributed by atoms with Crippen molar-refractivity contribution in [3.63, 3.8) is 0 Å². The first-order valence-corrected chi connectivity index (χ1v) is 5.47. The Morgan fingerprint density at radius 3 is 2.88 bits per heavy atom. The molecule has 82 valence electrons. The maximum absolute atomic E-state index is 12.9. The lowest BCUT2D eigenvalue weighted by Gasteiger charge is -2.00. The van der Waals surface area contributed by atoms with Gasteiger partial charge in [-0.15, -0.1) is 11.3 Å². The summed E-state index contributed by atoms with van der Waals surface area (Å²) in [7, 11) is 0. The summed E-state index contributed by atoms with van der Waals surface area (Å²) in [6.45, 7) is 0. The Bertz CT molecular complexity index is 556. The minimum Gasteiger partial charge on any atom is -0.476 e. The number of carboxylic acid groups (broad SMARTS) is 1. The third-order valence-corrected chi connectivity index (χ3v) is 3.12. The van der Waals surface area contributed by atoms with Gasteiger partial charge in [0.15, 0.2) is 5.69 Å². The van der Waals surface area contributed by atoms with Gasteiger partial charge < -0.3 is 5.11 Å². The molecule has 0 radical (unpaired) electrons. The van der Waals surface area contributed by atoms with E-state index >= 15 is 0 Å². The van der Waals surface area contributed by atoms with Crippen LogP contribution in [0.4, 0.5) is 4.39 Å². The molecule has 0 aliphatic rings. The molecule has 0 aliphatic carbocycles. The van der Waals surface area contributed by atoms with Crippen LogP contribution in [0.5, 0.6) is 0 Å². The van der Waals surface area contributed by atoms with Crippen LogP contribution in [-0.4, -0.2) is 16.1 Å². The molecule has 0 fully saturated rings. The highest BCUT2D eigenvalue weighted by Crippen LogP contribution is 2.30. The van der Waals surface area contributed by atoms with Crippen molar-refractivity contribution in [1.29, 1.82) is 0 Å². The van der Waals surface area contributed by atoms with Gasteiger partial charge in [0.05, 0.1) is 15.4 Å². The zero-order valence-electron chi connectivity index (χ0n) is 7.78. The number of aromatic carboxylic acids is 1. The number of carbonyl (C=O) groups is 1. The van der Waals surface area contributed by atoms with Crippen LogP contribution in [0.15, 0.2) is 23.7 Å². The lowest BCUT2D eigenvalue weighted by atomic mass is 10.1.